The Bertz CT molecular complexity index is 1000. The van der Waals surface area contributed by atoms with Crippen molar-refractivity contribution in [1.82, 2.24) is 9.21 Å². The van der Waals surface area contributed by atoms with Crippen molar-refractivity contribution in [3.05, 3.63) is 29.8 Å². The van der Waals surface area contributed by atoms with E-state index in [1.54, 1.807) is 24.9 Å². The first-order chi connectivity index (χ1) is 15.2. The molecule has 1 heterocycles. The molecule has 0 aromatic heterocycles. The van der Waals surface area contributed by atoms with Crippen molar-refractivity contribution in [2.75, 3.05) is 26.7 Å². The van der Waals surface area contributed by atoms with Crippen molar-refractivity contribution in [2.45, 2.75) is 63.0 Å². The highest BCUT2D eigenvalue weighted by Crippen LogP contribution is 2.38. The van der Waals surface area contributed by atoms with Crippen molar-refractivity contribution in [2.24, 2.45) is 11.8 Å². The predicted molar refractivity (Wildman–Crippen MR) is 123 cm³/mol. The summed E-state index contributed by atoms with van der Waals surface area (Å²) in [7, 11) is -2.06. The quantitative estimate of drug-likeness (QED) is 0.702. The molecule has 8 heteroatoms. The van der Waals surface area contributed by atoms with Crippen LogP contribution in [0, 0.1) is 11.8 Å². The number of rotatable bonds is 6. The van der Waals surface area contributed by atoms with Crippen LogP contribution in [0.15, 0.2) is 29.2 Å². The average Bonchev–Trinajstić information content (AvgIpc) is 3.48. The highest BCUT2D eigenvalue weighted by atomic mass is 32.2. The number of allylic oxidation sites excluding steroid dienone is 2. The number of carbonyl (C=O) groups excluding carboxylic acids is 1. The molecule has 2 aliphatic carbocycles. The fourth-order valence-corrected chi connectivity index (χ4v) is 6.40. The lowest BCUT2D eigenvalue weighted by Gasteiger charge is -2.37. The summed E-state index contributed by atoms with van der Waals surface area (Å²) in [5, 5.41) is 9.76. The number of amides is 1. The minimum absolute atomic E-state index is 0.114. The van der Waals surface area contributed by atoms with E-state index in [0.29, 0.717) is 12.3 Å². The normalized spacial score (nSPS) is 26.3. The van der Waals surface area contributed by atoms with Crippen LogP contribution in [0.3, 0.4) is 0 Å². The van der Waals surface area contributed by atoms with E-state index in [4.69, 9.17) is 4.74 Å². The number of hydrogen-bond acceptors (Lipinski definition) is 5. The summed E-state index contributed by atoms with van der Waals surface area (Å²) >= 11 is 0. The van der Waals surface area contributed by atoms with Gasteiger partial charge in [-0.05, 0) is 62.3 Å². The van der Waals surface area contributed by atoms with Gasteiger partial charge in [-0.15, -0.1) is 0 Å². The molecule has 1 N–H and O–H groups in total. The highest BCUT2D eigenvalue weighted by Gasteiger charge is 2.39. The Hall–Kier alpha value is -1.90. The van der Waals surface area contributed by atoms with Gasteiger partial charge in [-0.25, -0.2) is 8.42 Å². The number of aliphatic hydroxyl groups excluding tert-OH is 1. The lowest BCUT2D eigenvalue weighted by molar-refractivity contribution is -0.132. The van der Waals surface area contributed by atoms with Crippen LogP contribution in [0.2, 0.25) is 0 Å². The van der Waals surface area contributed by atoms with Crippen molar-refractivity contribution in [3.63, 3.8) is 0 Å². The van der Waals surface area contributed by atoms with Crippen molar-refractivity contribution < 1.29 is 23.1 Å². The summed E-state index contributed by atoms with van der Waals surface area (Å²) in [4.78, 5) is 14.4. The Kier molecular flexibility index (Phi) is 6.66. The van der Waals surface area contributed by atoms with Crippen LogP contribution in [-0.4, -0.2) is 67.5 Å². The lowest BCUT2D eigenvalue weighted by atomic mass is 10.0. The SMILES string of the molecule is C[C@@H]1CN([C@H](C)CO)S(=O)(=O)c2ccc(C3=CCCC3)cc2O[C@H]1CN(C)C(=O)C1CC1. The van der Waals surface area contributed by atoms with Crippen LogP contribution in [0.5, 0.6) is 5.75 Å². The molecule has 0 unspecified atom stereocenters. The maximum atomic E-state index is 13.5. The first kappa shape index (κ1) is 23.3. The molecule has 3 aliphatic rings. The Morgan fingerprint density at radius 1 is 1.34 bits per heavy atom. The van der Waals surface area contributed by atoms with Gasteiger partial charge in [0.2, 0.25) is 15.9 Å². The molecule has 1 saturated carbocycles. The van der Waals surface area contributed by atoms with Crippen LogP contribution >= 0.6 is 0 Å². The minimum atomic E-state index is -3.85. The van der Waals surface area contributed by atoms with Crippen molar-refractivity contribution in [3.8, 4) is 5.75 Å². The van der Waals surface area contributed by atoms with Gasteiger partial charge in [-0.2, -0.15) is 4.31 Å². The molecule has 1 aromatic rings. The van der Waals surface area contributed by atoms with Crippen LogP contribution in [0.25, 0.3) is 5.57 Å². The predicted octanol–water partition coefficient (Wildman–Crippen LogP) is 2.89. The molecular weight excluding hydrogens is 428 g/mol. The molecule has 3 atom stereocenters. The Balaban J connectivity index is 1.73. The van der Waals surface area contributed by atoms with Crippen LogP contribution in [0.1, 0.15) is 51.5 Å². The zero-order chi connectivity index (χ0) is 23.0. The summed E-state index contributed by atoms with van der Waals surface area (Å²) in [6.45, 7) is 4.00. The summed E-state index contributed by atoms with van der Waals surface area (Å²) in [6.07, 6.45) is 6.80. The second kappa shape index (κ2) is 9.15. The molecule has 1 aliphatic heterocycles. The third-order valence-corrected chi connectivity index (χ3v) is 8.86. The highest BCUT2D eigenvalue weighted by molar-refractivity contribution is 7.89. The summed E-state index contributed by atoms with van der Waals surface area (Å²) in [5.41, 5.74) is 2.19. The molecule has 1 amide bonds. The fraction of sp³-hybridized carbons (Fsp3) is 0.625. The number of carbonyl (C=O) groups is 1. The molecule has 4 rings (SSSR count). The first-order valence-electron chi connectivity index (χ1n) is 11.6. The maximum absolute atomic E-state index is 13.5. The zero-order valence-corrected chi connectivity index (χ0v) is 20.0. The van der Waals surface area contributed by atoms with Gasteiger partial charge in [0.25, 0.3) is 0 Å². The number of sulfonamides is 1. The number of aliphatic hydroxyl groups is 1. The van der Waals surface area contributed by atoms with Gasteiger partial charge >= 0.3 is 0 Å². The van der Waals surface area contributed by atoms with Gasteiger partial charge in [0.05, 0.1) is 13.2 Å². The van der Waals surface area contributed by atoms with Crippen LogP contribution < -0.4 is 4.74 Å². The van der Waals surface area contributed by atoms with E-state index < -0.39 is 16.1 Å². The van der Waals surface area contributed by atoms with Crippen molar-refractivity contribution in [1.29, 1.82) is 0 Å². The van der Waals surface area contributed by atoms with E-state index in [0.717, 1.165) is 37.7 Å². The second-order valence-corrected chi connectivity index (χ2v) is 11.4. The van der Waals surface area contributed by atoms with E-state index in [-0.39, 0.29) is 41.9 Å². The van der Waals surface area contributed by atoms with E-state index in [9.17, 15) is 18.3 Å². The van der Waals surface area contributed by atoms with Gasteiger partial charge in [0.1, 0.15) is 16.7 Å². The van der Waals surface area contributed by atoms with Gasteiger partial charge in [-0.3, -0.25) is 4.79 Å². The molecule has 1 fully saturated rings. The number of benzene rings is 1. The summed E-state index contributed by atoms with van der Waals surface area (Å²) < 4.78 is 34.8. The molecule has 0 radical (unpaired) electrons. The minimum Gasteiger partial charge on any atom is -0.487 e. The Labute approximate surface area is 191 Å². The van der Waals surface area contributed by atoms with Gasteiger partial charge in [0, 0.05) is 31.5 Å². The van der Waals surface area contributed by atoms with E-state index in [2.05, 4.69) is 6.08 Å². The molecule has 1 aromatic carbocycles. The molecule has 176 valence electrons. The molecule has 7 nitrogen and oxygen atoms in total. The number of hydrogen-bond donors (Lipinski definition) is 1. The van der Waals surface area contributed by atoms with Gasteiger partial charge in [0.15, 0.2) is 0 Å². The summed E-state index contributed by atoms with van der Waals surface area (Å²) in [5.74, 6) is 0.398. The number of likely N-dealkylation sites (N-methyl/N-ethyl adjacent to an activating group) is 1. The topological polar surface area (TPSA) is 87.2 Å². The third-order valence-electron chi connectivity index (χ3n) is 6.84. The Morgan fingerprint density at radius 3 is 2.72 bits per heavy atom. The van der Waals surface area contributed by atoms with Crippen LogP contribution in [-0.2, 0) is 14.8 Å². The van der Waals surface area contributed by atoms with Gasteiger partial charge in [-0.1, -0.05) is 19.1 Å². The van der Waals surface area contributed by atoms with E-state index in [1.165, 1.54) is 9.88 Å². The first-order valence-corrected chi connectivity index (χ1v) is 13.0. The smallest absolute Gasteiger partial charge is 0.247 e. The molecule has 32 heavy (non-hydrogen) atoms. The van der Waals surface area contributed by atoms with E-state index >= 15 is 0 Å². The molecule has 0 spiro atoms. The summed E-state index contributed by atoms with van der Waals surface area (Å²) in [6, 6.07) is 4.75. The molecular formula is C24H34N2O5S. The Morgan fingerprint density at radius 2 is 2.09 bits per heavy atom. The number of fused-ring (bicyclic) bond motifs is 1. The van der Waals surface area contributed by atoms with Gasteiger partial charge < -0.3 is 14.7 Å². The third kappa shape index (κ3) is 4.58. The monoisotopic (exact) mass is 462 g/mol. The average molecular weight is 463 g/mol. The van der Waals surface area contributed by atoms with Crippen LogP contribution in [0.4, 0.5) is 0 Å². The fourth-order valence-electron chi connectivity index (χ4n) is 4.58. The van der Waals surface area contributed by atoms with E-state index in [1.807, 2.05) is 19.1 Å². The number of nitrogens with zero attached hydrogens (tertiary/aromatic N) is 2. The zero-order valence-electron chi connectivity index (χ0n) is 19.2. The molecule has 0 bridgehead atoms. The van der Waals surface area contributed by atoms with Crippen molar-refractivity contribution >= 4 is 21.5 Å². The maximum Gasteiger partial charge on any atom is 0.247 e. The largest absolute Gasteiger partial charge is 0.487 e. The lowest BCUT2D eigenvalue weighted by Crippen LogP contribution is -2.50. The second-order valence-electron chi connectivity index (χ2n) is 9.52. The molecule has 0 saturated heterocycles. The standard InChI is InChI=1S/C24H34N2O5S/c1-16-13-26(17(2)15-27)32(29,30)23-11-10-20(18-6-4-5-7-18)12-21(23)31-22(16)14-25(3)24(28)19-8-9-19/h6,10-12,16-17,19,22,27H,4-5,7-9,13-15H2,1-3H3/t16-,17-,22+/m1/s1. The number of ether oxygens (including phenoxy) is 1.